The van der Waals surface area contributed by atoms with Gasteiger partial charge in [-0.05, 0) is 44.9 Å². The zero-order valence-electron chi connectivity index (χ0n) is 17.2. The minimum Gasteiger partial charge on any atom is -0.481 e. The molecule has 0 unspecified atom stereocenters. The van der Waals surface area contributed by atoms with Gasteiger partial charge in [0.15, 0.2) is 0 Å². The van der Waals surface area contributed by atoms with Gasteiger partial charge in [0.1, 0.15) is 0 Å². The summed E-state index contributed by atoms with van der Waals surface area (Å²) < 4.78 is 21.0. The van der Waals surface area contributed by atoms with Crippen LogP contribution in [0.5, 0.6) is 0 Å². The van der Waals surface area contributed by atoms with Gasteiger partial charge in [-0.3, -0.25) is 4.79 Å². The number of carbonyl (C=O) groups is 2. The van der Waals surface area contributed by atoms with E-state index in [9.17, 15) is 18.0 Å². The Kier molecular flexibility index (Phi) is 23.3. The molecule has 0 aliphatic carbocycles. The molecule has 8 heteroatoms. The summed E-state index contributed by atoms with van der Waals surface area (Å²) in [4.78, 5) is 19.8. The number of unbranched alkanes of at least 4 members (excludes halogenated alkanes) is 4. The lowest BCUT2D eigenvalue weighted by Crippen LogP contribution is -2.02. The topological polar surface area (TPSA) is 127 Å². The summed E-state index contributed by atoms with van der Waals surface area (Å²) in [5, 5.41) is 8.49. The van der Waals surface area contributed by atoms with Crippen molar-refractivity contribution in [2.24, 2.45) is 10.1 Å². The molecule has 7 nitrogen and oxygen atoms in total. The molecule has 29 heavy (non-hydrogen) atoms. The molecule has 3 N–H and O–H groups in total. The number of carbonyl (C=O) groups excluding carboxylic acids is 1. The predicted molar refractivity (Wildman–Crippen MR) is 117 cm³/mol. The molecule has 0 heterocycles. The van der Waals surface area contributed by atoms with Crippen LogP contribution >= 0.6 is 0 Å². The van der Waals surface area contributed by atoms with Crippen LogP contribution in [0.4, 0.5) is 4.79 Å². The van der Waals surface area contributed by atoms with Gasteiger partial charge in [-0.2, -0.15) is 8.42 Å². The second-order valence-electron chi connectivity index (χ2n) is 6.02. The van der Waals surface area contributed by atoms with E-state index in [1.807, 2.05) is 0 Å². The molecule has 0 spiro atoms. The lowest BCUT2D eigenvalue weighted by Gasteiger charge is -1.90. The Bertz CT molecular complexity index is 669. The molecule has 0 aliphatic rings. The lowest BCUT2D eigenvalue weighted by molar-refractivity contribution is -0.137. The Morgan fingerprint density at radius 1 is 0.828 bits per heavy atom. The van der Waals surface area contributed by atoms with Gasteiger partial charge < -0.3 is 10.8 Å². The highest BCUT2D eigenvalue weighted by molar-refractivity contribution is 7.62. The number of carboxylic acids is 1. The third-order valence-corrected chi connectivity index (χ3v) is 3.71. The summed E-state index contributed by atoms with van der Waals surface area (Å²) in [6.07, 6.45) is 27.3. The molecule has 0 aromatic heterocycles. The Morgan fingerprint density at radius 3 is 1.62 bits per heavy atom. The number of urea groups is 1. The molecular weight excluding hydrogens is 392 g/mol. The number of hydrogen-bond acceptors (Lipinski definition) is 4. The van der Waals surface area contributed by atoms with Crippen molar-refractivity contribution in [1.29, 1.82) is 0 Å². The van der Waals surface area contributed by atoms with Crippen LogP contribution in [0.15, 0.2) is 53.0 Å². The van der Waals surface area contributed by atoms with Crippen molar-refractivity contribution in [1.82, 2.24) is 0 Å². The van der Waals surface area contributed by atoms with Crippen LogP contribution in [0.25, 0.3) is 0 Å². The maximum Gasteiger partial charge on any atom is 0.353 e. The van der Waals surface area contributed by atoms with Crippen LogP contribution in [-0.2, 0) is 15.3 Å². The summed E-state index contributed by atoms with van der Waals surface area (Å²) >= 11 is 0. The van der Waals surface area contributed by atoms with E-state index in [0.717, 1.165) is 32.1 Å². The van der Waals surface area contributed by atoms with Gasteiger partial charge >= 0.3 is 22.5 Å². The number of rotatable bonds is 14. The summed E-state index contributed by atoms with van der Waals surface area (Å²) in [5.74, 6) is -0.712. The summed E-state index contributed by atoms with van der Waals surface area (Å²) in [6, 6.07) is -1.20. The van der Waals surface area contributed by atoms with E-state index < -0.39 is 22.5 Å². The number of hydrogen-bond donors (Lipinski definition) is 2. The maximum atomic E-state index is 10.3. The van der Waals surface area contributed by atoms with Gasteiger partial charge in [-0.15, -0.1) is 0 Å². The van der Waals surface area contributed by atoms with Gasteiger partial charge in [-0.1, -0.05) is 72.7 Å². The lowest BCUT2D eigenvalue weighted by atomic mass is 10.2. The molecule has 2 amide bonds. The fourth-order valence-electron chi connectivity index (χ4n) is 2.01. The Labute approximate surface area is 175 Å². The zero-order valence-corrected chi connectivity index (χ0v) is 18.0. The average Bonchev–Trinajstić information content (AvgIpc) is 2.63. The molecule has 0 aromatic carbocycles. The van der Waals surface area contributed by atoms with Gasteiger partial charge in [0.2, 0.25) is 0 Å². The number of nitrogens with two attached hydrogens (primary N) is 1. The number of nitrogens with zero attached hydrogens (tertiary/aromatic N) is 1. The van der Waals surface area contributed by atoms with Crippen molar-refractivity contribution in [2.45, 2.75) is 71.1 Å². The van der Waals surface area contributed by atoms with Crippen molar-refractivity contribution < 1.29 is 23.1 Å². The van der Waals surface area contributed by atoms with E-state index in [1.165, 1.54) is 25.7 Å². The first-order valence-corrected chi connectivity index (χ1v) is 10.9. The van der Waals surface area contributed by atoms with E-state index in [0.29, 0.717) is 0 Å². The van der Waals surface area contributed by atoms with Crippen molar-refractivity contribution in [3.63, 3.8) is 0 Å². The number of allylic oxidation sites excluding steroid dienone is 8. The Hall–Kier alpha value is -2.48. The number of primary amides is 1. The smallest absolute Gasteiger partial charge is 0.353 e. The molecular formula is C21H34N2O5S. The van der Waals surface area contributed by atoms with Crippen molar-refractivity contribution >= 4 is 22.5 Å². The maximum absolute atomic E-state index is 10.3. The Morgan fingerprint density at radius 2 is 1.28 bits per heavy atom. The molecule has 164 valence electrons. The van der Waals surface area contributed by atoms with Crippen molar-refractivity contribution in [3.8, 4) is 0 Å². The van der Waals surface area contributed by atoms with Crippen molar-refractivity contribution in [3.05, 3.63) is 48.6 Å². The molecule has 0 radical (unpaired) electrons. The van der Waals surface area contributed by atoms with Crippen LogP contribution in [0, 0.1) is 0 Å². The third kappa shape index (κ3) is 33.5. The fourth-order valence-corrected chi connectivity index (χ4v) is 2.15. The molecule has 0 atom stereocenters. The van der Waals surface area contributed by atoms with E-state index in [2.05, 4.69) is 65.6 Å². The van der Waals surface area contributed by atoms with Gasteiger partial charge in [0.05, 0.1) is 0 Å². The minimum atomic E-state index is -2.70. The monoisotopic (exact) mass is 426 g/mol. The average molecular weight is 427 g/mol. The Balaban J connectivity index is 0. The first kappa shape index (κ1) is 28.7. The largest absolute Gasteiger partial charge is 0.481 e. The number of amides is 2. The van der Waals surface area contributed by atoms with Crippen LogP contribution in [0.1, 0.15) is 71.1 Å². The first-order chi connectivity index (χ1) is 13.9. The quantitative estimate of drug-likeness (QED) is 0.286. The second kappa shape index (κ2) is 23.6. The molecule has 0 rings (SSSR count). The third-order valence-electron chi connectivity index (χ3n) is 3.38. The fraction of sp³-hybridized carbons (Fsp3) is 0.524. The molecule has 0 fully saturated rings. The molecule has 0 saturated heterocycles. The zero-order chi connectivity index (χ0) is 22.2. The molecule has 0 saturated carbocycles. The molecule has 0 aromatic rings. The van der Waals surface area contributed by atoms with E-state index in [-0.39, 0.29) is 6.42 Å². The van der Waals surface area contributed by atoms with E-state index in [1.54, 1.807) is 0 Å². The highest BCUT2D eigenvalue weighted by Gasteiger charge is 1.92. The van der Waals surface area contributed by atoms with Crippen LogP contribution in [-0.4, -0.2) is 25.5 Å². The van der Waals surface area contributed by atoms with Crippen LogP contribution < -0.4 is 5.73 Å². The highest BCUT2D eigenvalue weighted by Crippen LogP contribution is 2.01. The number of carboxylic acid groups (broad SMARTS) is 1. The summed E-state index contributed by atoms with van der Waals surface area (Å²) in [6.45, 7) is 2.23. The van der Waals surface area contributed by atoms with Gasteiger partial charge in [0.25, 0.3) is 0 Å². The summed E-state index contributed by atoms with van der Waals surface area (Å²) in [5.41, 5.74) is 4.29. The number of aliphatic carboxylic acids is 1. The van der Waals surface area contributed by atoms with Gasteiger partial charge in [-0.25, -0.2) is 4.79 Å². The SMILES string of the molecule is CCCCCC=CCC=CCC=CCC=CCCCC(=O)O.NC(=O)N=S(=O)=O. The van der Waals surface area contributed by atoms with Crippen LogP contribution in [0.2, 0.25) is 0 Å². The molecule has 0 aliphatic heterocycles. The second-order valence-corrected chi connectivity index (χ2v) is 6.64. The van der Waals surface area contributed by atoms with Crippen molar-refractivity contribution in [2.75, 3.05) is 0 Å². The highest BCUT2D eigenvalue weighted by atomic mass is 32.2. The normalized spacial score (nSPS) is 11.2. The first-order valence-electron chi connectivity index (χ1n) is 9.82. The molecule has 0 bridgehead atoms. The van der Waals surface area contributed by atoms with E-state index in [4.69, 9.17) is 5.11 Å². The summed E-state index contributed by atoms with van der Waals surface area (Å²) in [7, 11) is -2.70. The predicted octanol–water partition coefficient (Wildman–Crippen LogP) is 5.34. The standard InChI is InChI=1S/C20H32O2.CH2N2O3S/c1-2-3-4-5-6-7-8-9-10-11-12-13-14-15-16-17-18-19-20(21)22;2-1(4)3-7(5)6/h6-7,9-10,12-13,15-16H,2-5,8,11,14,17-19H2,1H3,(H,21,22);(H2,2,4). The van der Waals surface area contributed by atoms with Crippen LogP contribution in [0.3, 0.4) is 0 Å². The van der Waals surface area contributed by atoms with E-state index >= 15 is 0 Å². The van der Waals surface area contributed by atoms with Gasteiger partial charge in [0, 0.05) is 6.42 Å². The minimum absolute atomic E-state index is 0.262.